The smallest absolute Gasteiger partial charge is 0.280 e. The van der Waals surface area contributed by atoms with E-state index < -0.39 is 11.3 Å². The molecule has 1 aromatic carbocycles. The molecule has 0 spiro atoms. The molecule has 9 nitrogen and oxygen atoms in total. The number of hydrogen-bond donors (Lipinski definition) is 0. The first-order chi connectivity index (χ1) is 16.0. The number of hydrogen-bond acceptors (Lipinski definition) is 7. The Labute approximate surface area is 194 Å². The van der Waals surface area contributed by atoms with Crippen LogP contribution >= 0.6 is 11.6 Å². The molecule has 4 heterocycles. The van der Waals surface area contributed by atoms with Crippen LogP contribution in [0.1, 0.15) is 51.3 Å². The van der Waals surface area contributed by atoms with Crippen LogP contribution in [0.3, 0.4) is 0 Å². The number of halogens is 1. The molecule has 6 rings (SSSR count). The average molecular weight is 470 g/mol. The van der Waals surface area contributed by atoms with Gasteiger partial charge in [-0.05, 0) is 63.6 Å². The molecule has 0 amide bonds. The second-order valence-electron chi connectivity index (χ2n) is 9.04. The molecule has 0 N–H and O–H groups in total. The maximum absolute atomic E-state index is 14.0. The van der Waals surface area contributed by atoms with E-state index in [9.17, 15) is 4.79 Å². The Hall–Kier alpha value is -2.75. The van der Waals surface area contributed by atoms with Crippen LogP contribution in [0.15, 0.2) is 33.8 Å². The third-order valence-corrected chi connectivity index (χ3v) is 7.35. The molecule has 3 aromatic heterocycles. The van der Waals surface area contributed by atoms with E-state index in [1.165, 1.54) is 0 Å². The monoisotopic (exact) mass is 469 g/mol. The summed E-state index contributed by atoms with van der Waals surface area (Å²) in [4.78, 5) is 23.1. The first-order valence-electron chi connectivity index (χ1n) is 11.2. The summed E-state index contributed by atoms with van der Waals surface area (Å²) in [6.07, 6.45) is 6.92. The van der Waals surface area contributed by atoms with Crippen LogP contribution in [-0.4, -0.2) is 37.8 Å². The van der Waals surface area contributed by atoms with E-state index in [1.54, 1.807) is 34.5 Å². The van der Waals surface area contributed by atoms with Crippen LogP contribution in [0, 0.1) is 0 Å². The zero-order chi connectivity index (χ0) is 22.8. The SMILES string of the molecule is COC1(c2nc(-c3ncn4c3c(=O)n(C3(C)CCCO3)c3cc(Cl)ccc34)no2)CCCC1. The highest BCUT2D eigenvalue weighted by atomic mass is 35.5. The second kappa shape index (κ2) is 7.38. The third kappa shape index (κ3) is 2.99. The van der Waals surface area contributed by atoms with Crippen molar-refractivity contribution >= 4 is 28.2 Å². The highest BCUT2D eigenvalue weighted by Crippen LogP contribution is 2.41. The van der Waals surface area contributed by atoms with Crippen LogP contribution in [0.4, 0.5) is 0 Å². The molecule has 0 radical (unpaired) electrons. The normalized spacial score (nSPS) is 22.6. The number of ether oxygens (including phenoxy) is 2. The Morgan fingerprint density at radius 2 is 1.97 bits per heavy atom. The van der Waals surface area contributed by atoms with Gasteiger partial charge in [-0.3, -0.25) is 13.8 Å². The van der Waals surface area contributed by atoms with Gasteiger partial charge in [0.05, 0.1) is 11.0 Å². The van der Waals surface area contributed by atoms with Crippen molar-refractivity contribution in [2.24, 2.45) is 0 Å². The van der Waals surface area contributed by atoms with E-state index in [0.29, 0.717) is 34.2 Å². The molecule has 1 saturated carbocycles. The van der Waals surface area contributed by atoms with Gasteiger partial charge in [-0.25, -0.2) is 4.98 Å². The van der Waals surface area contributed by atoms with E-state index in [-0.39, 0.29) is 11.4 Å². The van der Waals surface area contributed by atoms with Crippen molar-refractivity contribution in [3.05, 3.63) is 45.8 Å². The van der Waals surface area contributed by atoms with E-state index in [2.05, 4.69) is 15.1 Å². The lowest BCUT2D eigenvalue weighted by atomic mass is 10.0. The molecule has 2 fully saturated rings. The highest BCUT2D eigenvalue weighted by molar-refractivity contribution is 6.31. The summed E-state index contributed by atoms with van der Waals surface area (Å²) in [7, 11) is 1.67. The molecule has 1 aliphatic heterocycles. The molecule has 33 heavy (non-hydrogen) atoms. The lowest BCUT2D eigenvalue weighted by Gasteiger charge is -2.28. The van der Waals surface area contributed by atoms with Gasteiger partial charge in [-0.15, -0.1) is 0 Å². The van der Waals surface area contributed by atoms with E-state index in [0.717, 1.165) is 44.0 Å². The second-order valence-corrected chi connectivity index (χ2v) is 9.48. The van der Waals surface area contributed by atoms with Gasteiger partial charge in [-0.1, -0.05) is 16.8 Å². The van der Waals surface area contributed by atoms with Crippen LogP contribution in [0.2, 0.25) is 5.02 Å². The molecule has 1 aliphatic carbocycles. The summed E-state index contributed by atoms with van der Waals surface area (Å²) < 4.78 is 20.9. The minimum absolute atomic E-state index is 0.240. The van der Waals surface area contributed by atoms with Gasteiger partial charge in [-0.2, -0.15) is 4.98 Å². The fourth-order valence-corrected chi connectivity index (χ4v) is 5.53. The van der Waals surface area contributed by atoms with Crippen LogP contribution < -0.4 is 5.56 Å². The fraction of sp³-hybridized carbons (Fsp3) is 0.478. The highest BCUT2D eigenvalue weighted by Gasteiger charge is 2.42. The number of fused-ring (bicyclic) bond motifs is 3. The zero-order valence-electron chi connectivity index (χ0n) is 18.5. The van der Waals surface area contributed by atoms with E-state index in [4.69, 9.17) is 25.6 Å². The third-order valence-electron chi connectivity index (χ3n) is 7.11. The number of rotatable bonds is 4. The standard InChI is InChI=1S/C23H24ClN5O4/c1-22(8-5-11-32-22)29-16-12-14(24)6-7-15(16)28-13-25-17(18(28)20(29)30)19-26-21(33-27-19)23(31-2)9-3-4-10-23/h6-7,12-13H,3-5,8-11H2,1-2H3. The van der Waals surface area contributed by atoms with Crippen molar-refractivity contribution in [2.45, 2.75) is 56.8 Å². The maximum atomic E-state index is 14.0. The first kappa shape index (κ1) is 20.8. The number of aromatic nitrogens is 5. The van der Waals surface area contributed by atoms with Crippen LogP contribution in [0.5, 0.6) is 0 Å². The molecule has 172 valence electrons. The maximum Gasteiger partial charge on any atom is 0.280 e. The van der Waals surface area contributed by atoms with Crippen LogP contribution in [-0.2, 0) is 20.8 Å². The van der Waals surface area contributed by atoms with Gasteiger partial charge < -0.3 is 14.0 Å². The van der Waals surface area contributed by atoms with Crippen molar-refractivity contribution in [1.29, 1.82) is 0 Å². The van der Waals surface area contributed by atoms with Crippen molar-refractivity contribution in [1.82, 2.24) is 24.1 Å². The number of imidazole rings is 1. The first-order valence-corrected chi connectivity index (χ1v) is 11.6. The molecular weight excluding hydrogens is 446 g/mol. The zero-order valence-corrected chi connectivity index (χ0v) is 19.3. The summed E-state index contributed by atoms with van der Waals surface area (Å²) in [5, 5.41) is 4.73. The molecule has 1 unspecified atom stereocenters. The Balaban J connectivity index is 1.61. The number of benzene rings is 1. The Morgan fingerprint density at radius 1 is 1.15 bits per heavy atom. The van der Waals surface area contributed by atoms with Gasteiger partial charge in [0.1, 0.15) is 28.9 Å². The summed E-state index contributed by atoms with van der Waals surface area (Å²) in [6.45, 7) is 2.53. The van der Waals surface area contributed by atoms with Gasteiger partial charge in [0.25, 0.3) is 11.4 Å². The largest absolute Gasteiger partial charge is 0.368 e. The van der Waals surface area contributed by atoms with Crippen molar-refractivity contribution in [2.75, 3.05) is 13.7 Å². The fourth-order valence-electron chi connectivity index (χ4n) is 5.36. The van der Waals surface area contributed by atoms with E-state index >= 15 is 0 Å². The Bertz CT molecular complexity index is 1430. The summed E-state index contributed by atoms with van der Waals surface area (Å²) in [5.41, 5.74) is 0.614. The molecule has 1 atom stereocenters. The molecule has 2 aliphatic rings. The van der Waals surface area contributed by atoms with Crippen molar-refractivity contribution in [3.63, 3.8) is 0 Å². The summed E-state index contributed by atoms with van der Waals surface area (Å²) >= 11 is 6.31. The lowest BCUT2D eigenvalue weighted by molar-refractivity contribution is -0.0447. The minimum atomic E-state index is -0.782. The molecular formula is C23H24ClN5O4. The Kier molecular flexibility index (Phi) is 4.66. The minimum Gasteiger partial charge on any atom is -0.368 e. The predicted octanol–water partition coefficient (Wildman–Crippen LogP) is 4.25. The van der Waals surface area contributed by atoms with Crippen LogP contribution in [0.25, 0.3) is 28.1 Å². The number of nitrogens with zero attached hydrogens (tertiary/aromatic N) is 5. The van der Waals surface area contributed by atoms with Gasteiger partial charge in [0.15, 0.2) is 0 Å². The molecule has 1 saturated heterocycles. The predicted molar refractivity (Wildman–Crippen MR) is 121 cm³/mol. The summed E-state index contributed by atoms with van der Waals surface area (Å²) in [5.74, 6) is 0.697. The molecule has 10 heteroatoms. The quantitative estimate of drug-likeness (QED) is 0.440. The number of methoxy groups -OCH3 is 1. The van der Waals surface area contributed by atoms with Crippen molar-refractivity contribution < 1.29 is 14.0 Å². The van der Waals surface area contributed by atoms with E-state index in [1.807, 2.05) is 13.0 Å². The van der Waals surface area contributed by atoms with Gasteiger partial charge >= 0.3 is 0 Å². The van der Waals surface area contributed by atoms with Crippen molar-refractivity contribution in [3.8, 4) is 11.5 Å². The Morgan fingerprint density at radius 3 is 2.70 bits per heavy atom. The molecule has 0 bridgehead atoms. The van der Waals surface area contributed by atoms with Gasteiger partial charge in [0, 0.05) is 18.7 Å². The summed E-state index contributed by atoms with van der Waals surface area (Å²) in [6, 6.07) is 5.47. The molecule has 4 aromatic rings. The van der Waals surface area contributed by atoms with Gasteiger partial charge in [0.2, 0.25) is 5.82 Å². The topological polar surface area (TPSA) is 96.7 Å². The average Bonchev–Trinajstić information content (AvgIpc) is 3.59. The lowest BCUT2D eigenvalue weighted by Crippen LogP contribution is -2.39.